The second-order valence-corrected chi connectivity index (χ2v) is 5.68. The Morgan fingerprint density at radius 2 is 2.12 bits per heavy atom. The minimum atomic E-state index is -0.198. The zero-order chi connectivity index (χ0) is 17.5. The second kappa shape index (κ2) is 8.34. The topological polar surface area (TPSA) is 61.6 Å². The third-order valence-electron chi connectivity index (χ3n) is 3.34. The zero-order valence-electron chi connectivity index (χ0n) is 14.5. The summed E-state index contributed by atoms with van der Waals surface area (Å²) in [5.41, 5.74) is 1.15. The molecule has 2 rings (SSSR count). The van der Waals surface area contributed by atoms with E-state index < -0.39 is 0 Å². The van der Waals surface area contributed by atoms with Crippen LogP contribution in [-0.2, 0) is 0 Å². The van der Waals surface area contributed by atoms with Crippen molar-refractivity contribution in [1.29, 1.82) is 0 Å². The van der Waals surface area contributed by atoms with Crippen LogP contribution in [0.2, 0.25) is 0 Å². The molecule has 128 valence electrons. The minimum Gasteiger partial charge on any atom is -0.493 e. The van der Waals surface area contributed by atoms with E-state index >= 15 is 0 Å². The van der Waals surface area contributed by atoms with Gasteiger partial charge >= 0.3 is 0 Å². The highest BCUT2D eigenvalue weighted by molar-refractivity contribution is 6.05. The summed E-state index contributed by atoms with van der Waals surface area (Å²) >= 11 is 0. The molecule has 1 aromatic heterocycles. The first-order chi connectivity index (χ1) is 11.5. The van der Waals surface area contributed by atoms with Gasteiger partial charge in [0.15, 0.2) is 17.4 Å². The van der Waals surface area contributed by atoms with Crippen molar-refractivity contribution in [3.05, 3.63) is 47.7 Å². The molecule has 0 saturated carbocycles. The number of hydrogen-bond donors (Lipinski definition) is 0. The van der Waals surface area contributed by atoms with Gasteiger partial charge in [0.1, 0.15) is 12.0 Å². The molecule has 1 aromatic carbocycles. The van der Waals surface area contributed by atoms with Gasteiger partial charge in [-0.1, -0.05) is 32.9 Å². The van der Waals surface area contributed by atoms with Crippen molar-refractivity contribution >= 4 is 11.9 Å². The number of carbonyl (C=O) groups excluding carboxylic acids is 1. The molecule has 0 bridgehead atoms. The predicted octanol–water partition coefficient (Wildman–Crippen LogP) is 4.49. The first kappa shape index (κ1) is 17.8. The lowest BCUT2D eigenvalue weighted by Crippen LogP contribution is -1.98. The third kappa shape index (κ3) is 4.47. The SMILES string of the molecule is CCCOc1ccc(/C=C/C(=O)c2coc(C(C)C)n2)cc1OC. The van der Waals surface area contributed by atoms with Crippen molar-refractivity contribution in [1.82, 2.24) is 4.98 Å². The molecule has 2 aromatic rings. The molecule has 24 heavy (non-hydrogen) atoms. The van der Waals surface area contributed by atoms with Crippen molar-refractivity contribution < 1.29 is 18.7 Å². The summed E-state index contributed by atoms with van der Waals surface area (Å²) in [7, 11) is 1.59. The number of nitrogens with zero attached hydrogens (tertiary/aromatic N) is 1. The Balaban J connectivity index is 2.11. The normalized spacial score (nSPS) is 11.2. The largest absolute Gasteiger partial charge is 0.493 e. The predicted molar refractivity (Wildman–Crippen MR) is 92.7 cm³/mol. The first-order valence-corrected chi connectivity index (χ1v) is 8.03. The van der Waals surface area contributed by atoms with Gasteiger partial charge in [0.05, 0.1) is 13.7 Å². The molecule has 5 nitrogen and oxygen atoms in total. The molecule has 0 amide bonds. The summed E-state index contributed by atoms with van der Waals surface area (Å²) in [6, 6.07) is 5.54. The Morgan fingerprint density at radius 3 is 2.75 bits per heavy atom. The summed E-state index contributed by atoms with van der Waals surface area (Å²) in [6.07, 6.45) is 5.52. The van der Waals surface area contributed by atoms with Crippen molar-refractivity contribution in [3.63, 3.8) is 0 Å². The monoisotopic (exact) mass is 329 g/mol. The highest BCUT2D eigenvalue weighted by atomic mass is 16.5. The van der Waals surface area contributed by atoms with Crippen LogP contribution < -0.4 is 9.47 Å². The Bertz CT molecular complexity index is 716. The standard InChI is InChI=1S/C19H23NO4/c1-5-10-23-17-9-7-14(11-18(17)22-4)6-8-16(21)15-12-24-19(20-15)13(2)3/h6-9,11-13H,5,10H2,1-4H3/b8-6+. The molecule has 0 unspecified atom stereocenters. The van der Waals surface area contributed by atoms with Crippen molar-refractivity contribution in [2.75, 3.05) is 13.7 Å². The Labute approximate surface area is 142 Å². The van der Waals surface area contributed by atoms with E-state index in [4.69, 9.17) is 13.9 Å². The van der Waals surface area contributed by atoms with Gasteiger partial charge in [0.25, 0.3) is 0 Å². The van der Waals surface area contributed by atoms with E-state index in [9.17, 15) is 4.79 Å². The van der Waals surface area contributed by atoms with Gasteiger partial charge in [-0.25, -0.2) is 4.98 Å². The lowest BCUT2D eigenvalue weighted by atomic mass is 10.1. The fourth-order valence-electron chi connectivity index (χ4n) is 2.04. The molecular formula is C19H23NO4. The van der Waals surface area contributed by atoms with Gasteiger partial charge in [-0.3, -0.25) is 4.79 Å². The molecule has 0 aliphatic heterocycles. The lowest BCUT2D eigenvalue weighted by Gasteiger charge is -2.10. The van der Waals surface area contributed by atoms with Crippen LogP contribution in [0.1, 0.15) is 55.1 Å². The van der Waals surface area contributed by atoms with Crippen molar-refractivity contribution in [3.8, 4) is 11.5 Å². The molecule has 0 aliphatic rings. The number of hydrogen-bond acceptors (Lipinski definition) is 5. The first-order valence-electron chi connectivity index (χ1n) is 8.03. The van der Waals surface area contributed by atoms with Crippen molar-refractivity contribution in [2.45, 2.75) is 33.1 Å². The number of ether oxygens (including phenoxy) is 2. The Kier molecular flexibility index (Phi) is 6.18. The number of aromatic nitrogens is 1. The van der Waals surface area contributed by atoms with E-state index in [1.54, 1.807) is 13.2 Å². The van der Waals surface area contributed by atoms with E-state index in [2.05, 4.69) is 4.98 Å². The van der Waals surface area contributed by atoms with E-state index in [1.165, 1.54) is 12.3 Å². The highest BCUT2D eigenvalue weighted by Gasteiger charge is 2.12. The minimum absolute atomic E-state index is 0.149. The molecule has 0 saturated heterocycles. The maximum absolute atomic E-state index is 12.2. The van der Waals surface area contributed by atoms with E-state index in [-0.39, 0.29) is 11.7 Å². The van der Waals surface area contributed by atoms with Gasteiger partial charge in [-0.2, -0.15) is 0 Å². The smallest absolute Gasteiger partial charge is 0.207 e. The van der Waals surface area contributed by atoms with Crippen LogP contribution in [0.4, 0.5) is 0 Å². The van der Waals surface area contributed by atoms with Gasteiger partial charge in [0.2, 0.25) is 5.78 Å². The molecular weight excluding hydrogens is 306 g/mol. The fraction of sp³-hybridized carbons (Fsp3) is 0.368. The molecule has 0 fully saturated rings. The summed E-state index contributed by atoms with van der Waals surface area (Å²) in [6.45, 7) is 6.60. The second-order valence-electron chi connectivity index (χ2n) is 5.68. The van der Waals surface area contributed by atoms with Crippen LogP contribution in [0.5, 0.6) is 11.5 Å². The highest BCUT2D eigenvalue weighted by Crippen LogP contribution is 2.28. The Morgan fingerprint density at radius 1 is 1.33 bits per heavy atom. The zero-order valence-corrected chi connectivity index (χ0v) is 14.5. The number of rotatable bonds is 8. The van der Waals surface area contributed by atoms with Gasteiger partial charge in [-0.05, 0) is 30.2 Å². The summed E-state index contributed by atoms with van der Waals surface area (Å²) < 4.78 is 16.2. The van der Waals surface area contributed by atoms with E-state index in [1.807, 2.05) is 39.0 Å². The molecule has 1 heterocycles. The maximum atomic E-state index is 12.2. The molecule has 0 N–H and O–H groups in total. The van der Waals surface area contributed by atoms with Crippen LogP contribution in [0, 0.1) is 0 Å². The van der Waals surface area contributed by atoms with Crippen molar-refractivity contribution in [2.24, 2.45) is 0 Å². The van der Waals surface area contributed by atoms with Gasteiger partial charge in [0, 0.05) is 5.92 Å². The Hall–Kier alpha value is -2.56. The van der Waals surface area contributed by atoms with Crippen LogP contribution in [0.25, 0.3) is 6.08 Å². The van der Waals surface area contributed by atoms with Crippen LogP contribution in [0.15, 0.2) is 35.0 Å². The lowest BCUT2D eigenvalue weighted by molar-refractivity contribution is 0.104. The van der Waals surface area contributed by atoms with E-state index in [0.29, 0.717) is 29.7 Å². The van der Waals surface area contributed by atoms with Crippen LogP contribution in [-0.4, -0.2) is 24.5 Å². The summed E-state index contributed by atoms with van der Waals surface area (Å²) in [5.74, 6) is 1.85. The van der Waals surface area contributed by atoms with Gasteiger partial charge in [-0.15, -0.1) is 0 Å². The molecule has 0 radical (unpaired) electrons. The number of benzene rings is 1. The number of allylic oxidation sites excluding steroid dienone is 1. The maximum Gasteiger partial charge on any atom is 0.207 e. The molecule has 5 heteroatoms. The number of carbonyl (C=O) groups is 1. The van der Waals surface area contributed by atoms with Gasteiger partial charge < -0.3 is 13.9 Å². The number of ketones is 1. The quantitative estimate of drug-likeness (QED) is 0.527. The van der Waals surface area contributed by atoms with Crippen LogP contribution in [0.3, 0.4) is 0 Å². The molecule has 0 spiro atoms. The average molecular weight is 329 g/mol. The molecule has 0 atom stereocenters. The van der Waals surface area contributed by atoms with Crippen LogP contribution >= 0.6 is 0 Å². The molecule has 0 aliphatic carbocycles. The summed E-state index contributed by atoms with van der Waals surface area (Å²) in [4.78, 5) is 16.3. The van der Waals surface area contributed by atoms with E-state index in [0.717, 1.165) is 12.0 Å². The average Bonchev–Trinajstić information content (AvgIpc) is 3.08. The summed E-state index contributed by atoms with van der Waals surface area (Å²) in [5, 5.41) is 0. The fourth-order valence-corrected chi connectivity index (χ4v) is 2.04. The number of methoxy groups -OCH3 is 1. The number of oxazole rings is 1. The third-order valence-corrected chi connectivity index (χ3v) is 3.34.